The molecule has 0 amide bonds. The predicted molar refractivity (Wildman–Crippen MR) is 80.3 cm³/mol. The van der Waals surface area contributed by atoms with Gasteiger partial charge in [-0.15, -0.1) is 0 Å². The Kier molecular flexibility index (Phi) is 4.88. The quantitative estimate of drug-likeness (QED) is 0.846. The Balaban J connectivity index is 2.07. The van der Waals surface area contributed by atoms with Crippen LogP contribution >= 0.6 is 15.9 Å². The summed E-state index contributed by atoms with van der Waals surface area (Å²) in [6.45, 7) is 2.37. The van der Waals surface area contributed by atoms with Crippen molar-refractivity contribution in [3.8, 4) is 0 Å². The third kappa shape index (κ3) is 4.46. The van der Waals surface area contributed by atoms with E-state index in [2.05, 4.69) is 26.2 Å². The monoisotopic (exact) mass is 358 g/mol. The Bertz CT molecular complexity index is 627. The van der Waals surface area contributed by atoms with Gasteiger partial charge in [-0.3, -0.25) is 0 Å². The second-order valence-corrected chi connectivity index (χ2v) is 5.63. The lowest BCUT2D eigenvalue weighted by atomic mass is 10.1. The fraction of sp³-hybridized carbons (Fsp3) is 0.267. The normalized spacial score (nSPS) is 11.5. The molecular weight excluding hydrogens is 345 g/mol. The third-order valence-corrected chi connectivity index (χ3v) is 3.38. The summed E-state index contributed by atoms with van der Waals surface area (Å²) in [6, 6.07) is 8.91. The average molecular weight is 359 g/mol. The Hall–Kier alpha value is -1.56. The van der Waals surface area contributed by atoms with Gasteiger partial charge in [0.25, 0.3) is 0 Å². The predicted octanol–water partition coefficient (Wildman–Crippen LogP) is 4.83. The van der Waals surface area contributed by atoms with Crippen molar-refractivity contribution in [1.29, 1.82) is 0 Å². The van der Waals surface area contributed by atoms with Gasteiger partial charge in [0.15, 0.2) is 0 Å². The van der Waals surface area contributed by atoms with Gasteiger partial charge in [-0.2, -0.15) is 13.2 Å². The fourth-order valence-corrected chi connectivity index (χ4v) is 2.32. The highest BCUT2D eigenvalue weighted by atomic mass is 79.9. The van der Waals surface area contributed by atoms with Crippen molar-refractivity contribution in [3.05, 3.63) is 57.7 Å². The molecule has 2 rings (SSSR count). The zero-order valence-electron chi connectivity index (χ0n) is 11.3. The number of hydrogen-bond donors (Lipinski definition) is 1. The van der Waals surface area contributed by atoms with E-state index in [1.807, 2.05) is 31.2 Å². The van der Waals surface area contributed by atoms with Crippen LogP contribution in [0, 0.1) is 6.92 Å². The molecule has 0 aliphatic carbocycles. The smallest absolute Gasteiger partial charge is 0.369 e. The maximum absolute atomic E-state index is 12.9. The van der Waals surface area contributed by atoms with Crippen LogP contribution in [0.25, 0.3) is 0 Å². The molecule has 0 unspecified atom stereocenters. The van der Waals surface area contributed by atoms with Gasteiger partial charge >= 0.3 is 6.18 Å². The minimum atomic E-state index is -4.43. The van der Waals surface area contributed by atoms with Crippen molar-refractivity contribution in [2.24, 2.45) is 0 Å². The van der Waals surface area contributed by atoms with Crippen LogP contribution in [0.5, 0.6) is 0 Å². The minimum Gasteiger partial charge on any atom is -0.369 e. The first-order chi connectivity index (χ1) is 9.86. The SMILES string of the molecule is Cc1cccc(CCNc2ncc(Br)cc2C(F)(F)F)c1. The molecule has 1 aromatic carbocycles. The molecule has 1 aromatic heterocycles. The topological polar surface area (TPSA) is 24.9 Å². The van der Waals surface area contributed by atoms with Gasteiger partial charge in [0.05, 0.1) is 5.56 Å². The van der Waals surface area contributed by atoms with E-state index < -0.39 is 11.7 Å². The van der Waals surface area contributed by atoms with Crippen molar-refractivity contribution < 1.29 is 13.2 Å². The number of aryl methyl sites for hydroxylation is 1. The summed E-state index contributed by atoms with van der Waals surface area (Å²) in [6.07, 6.45) is -2.44. The summed E-state index contributed by atoms with van der Waals surface area (Å²) < 4.78 is 39.1. The number of aromatic nitrogens is 1. The van der Waals surface area contributed by atoms with E-state index in [1.54, 1.807) is 0 Å². The highest BCUT2D eigenvalue weighted by molar-refractivity contribution is 9.10. The number of nitrogens with one attached hydrogen (secondary N) is 1. The number of anilines is 1. The van der Waals surface area contributed by atoms with Gasteiger partial charge in [-0.05, 0) is 40.9 Å². The Morgan fingerprint density at radius 3 is 2.67 bits per heavy atom. The summed E-state index contributed by atoms with van der Waals surface area (Å²) >= 11 is 3.01. The molecular formula is C15H14BrF3N2. The van der Waals surface area contributed by atoms with E-state index in [9.17, 15) is 13.2 Å². The van der Waals surface area contributed by atoms with Crippen LogP contribution in [0.4, 0.5) is 19.0 Å². The van der Waals surface area contributed by atoms with Crippen molar-refractivity contribution in [2.75, 3.05) is 11.9 Å². The standard InChI is InChI=1S/C15H14BrF3N2/c1-10-3-2-4-11(7-10)5-6-20-14-13(15(17,18)19)8-12(16)9-21-14/h2-4,7-9H,5-6H2,1H3,(H,20,21). The third-order valence-electron chi connectivity index (χ3n) is 2.95. The number of nitrogens with zero attached hydrogens (tertiary/aromatic N) is 1. The lowest BCUT2D eigenvalue weighted by Crippen LogP contribution is -2.14. The van der Waals surface area contributed by atoms with Crippen LogP contribution in [0.3, 0.4) is 0 Å². The summed E-state index contributed by atoms with van der Waals surface area (Å²) in [5.74, 6) is -0.140. The molecule has 1 heterocycles. The van der Waals surface area contributed by atoms with E-state index >= 15 is 0 Å². The van der Waals surface area contributed by atoms with Crippen molar-refractivity contribution in [3.63, 3.8) is 0 Å². The van der Waals surface area contributed by atoms with Crippen LogP contribution in [0.15, 0.2) is 41.0 Å². The van der Waals surface area contributed by atoms with Gasteiger partial charge in [-0.1, -0.05) is 29.8 Å². The van der Waals surface area contributed by atoms with Crippen LogP contribution in [-0.2, 0) is 12.6 Å². The molecule has 0 saturated heterocycles. The maximum Gasteiger partial charge on any atom is 0.419 e. The molecule has 0 spiro atoms. The molecule has 0 aliphatic rings. The Morgan fingerprint density at radius 2 is 2.00 bits per heavy atom. The zero-order chi connectivity index (χ0) is 15.5. The zero-order valence-corrected chi connectivity index (χ0v) is 12.9. The van der Waals surface area contributed by atoms with E-state index in [0.29, 0.717) is 17.4 Å². The number of halogens is 4. The Labute approximate surface area is 129 Å². The second kappa shape index (κ2) is 6.47. The highest BCUT2D eigenvalue weighted by Crippen LogP contribution is 2.35. The van der Waals surface area contributed by atoms with Crippen molar-refractivity contribution in [1.82, 2.24) is 4.98 Å². The molecule has 0 saturated carbocycles. The van der Waals surface area contributed by atoms with Crippen LogP contribution in [0.2, 0.25) is 0 Å². The molecule has 0 radical (unpaired) electrons. The number of rotatable bonds is 4. The first-order valence-corrected chi connectivity index (χ1v) is 7.18. The average Bonchev–Trinajstić information content (AvgIpc) is 2.39. The summed E-state index contributed by atoms with van der Waals surface area (Å²) in [4.78, 5) is 3.82. The highest BCUT2D eigenvalue weighted by Gasteiger charge is 2.34. The summed E-state index contributed by atoms with van der Waals surface area (Å²) in [7, 11) is 0. The molecule has 0 atom stereocenters. The molecule has 0 fully saturated rings. The van der Waals surface area contributed by atoms with Crippen LogP contribution in [0.1, 0.15) is 16.7 Å². The molecule has 112 valence electrons. The van der Waals surface area contributed by atoms with Crippen molar-refractivity contribution in [2.45, 2.75) is 19.5 Å². The number of pyridine rings is 1. The van der Waals surface area contributed by atoms with E-state index in [-0.39, 0.29) is 5.82 Å². The number of alkyl halides is 3. The maximum atomic E-state index is 12.9. The van der Waals surface area contributed by atoms with Gasteiger partial charge in [-0.25, -0.2) is 4.98 Å². The van der Waals surface area contributed by atoms with Crippen LogP contribution in [-0.4, -0.2) is 11.5 Å². The van der Waals surface area contributed by atoms with Gasteiger partial charge in [0.1, 0.15) is 5.82 Å². The first kappa shape index (κ1) is 15.8. The largest absolute Gasteiger partial charge is 0.419 e. The molecule has 1 N–H and O–H groups in total. The molecule has 0 bridgehead atoms. The second-order valence-electron chi connectivity index (χ2n) is 4.71. The number of hydrogen-bond acceptors (Lipinski definition) is 2. The van der Waals surface area contributed by atoms with Crippen LogP contribution < -0.4 is 5.32 Å². The molecule has 6 heteroatoms. The summed E-state index contributed by atoms with van der Waals surface area (Å²) in [5.41, 5.74) is 1.44. The van der Waals surface area contributed by atoms with Gasteiger partial charge < -0.3 is 5.32 Å². The van der Waals surface area contributed by atoms with Crippen molar-refractivity contribution >= 4 is 21.7 Å². The Morgan fingerprint density at radius 1 is 1.24 bits per heavy atom. The molecule has 0 aliphatic heterocycles. The molecule has 21 heavy (non-hydrogen) atoms. The molecule has 2 aromatic rings. The van der Waals surface area contributed by atoms with E-state index in [4.69, 9.17) is 0 Å². The lowest BCUT2D eigenvalue weighted by Gasteiger charge is -2.14. The molecule has 2 nitrogen and oxygen atoms in total. The van der Waals surface area contributed by atoms with Gasteiger partial charge in [0.2, 0.25) is 0 Å². The minimum absolute atomic E-state index is 0.140. The lowest BCUT2D eigenvalue weighted by molar-refractivity contribution is -0.137. The fourth-order valence-electron chi connectivity index (χ4n) is 1.99. The van der Waals surface area contributed by atoms with Gasteiger partial charge in [0, 0.05) is 17.2 Å². The van der Waals surface area contributed by atoms with E-state index in [0.717, 1.165) is 17.2 Å². The summed E-state index contributed by atoms with van der Waals surface area (Å²) in [5, 5.41) is 2.76. The number of benzene rings is 1. The van der Waals surface area contributed by atoms with E-state index in [1.165, 1.54) is 6.20 Å². The first-order valence-electron chi connectivity index (χ1n) is 6.38.